The van der Waals surface area contributed by atoms with Gasteiger partial charge in [-0.05, 0) is 38.2 Å². The van der Waals surface area contributed by atoms with E-state index in [1.54, 1.807) is 6.20 Å². The van der Waals surface area contributed by atoms with E-state index in [-0.39, 0.29) is 5.56 Å². The summed E-state index contributed by atoms with van der Waals surface area (Å²) in [6.07, 6.45) is 4.50. The van der Waals surface area contributed by atoms with E-state index in [0.717, 1.165) is 25.6 Å². The lowest BCUT2D eigenvalue weighted by atomic mass is 10.1. The first kappa shape index (κ1) is 15.4. The molecular weight excluding hydrogens is 276 g/mol. The van der Waals surface area contributed by atoms with Crippen molar-refractivity contribution in [1.29, 1.82) is 0 Å². The van der Waals surface area contributed by atoms with Crippen LogP contribution in [0.5, 0.6) is 5.75 Å². The number of benzene rings is 1. The van der Waals surface area contributed by atoms with Crippen molar-refractivity contribution in [3.8, 4) is 5.75 Å². The number of aromatic nitrogens is 2. The second-order valence-electron chi connectivity index (χ2n) is 4.90. The van der Waals surface area contributed by atoms with Crippen molar-refractivity contribution >= 4 is 0 Å². The molecule has 1 aromatic carbocycles. The summed E-state index contributed by atoms with van der Waals surface area (Å²) >= 11 is 0. The SMILES string of the molecule is COc1ccc(F)c(F)c1CN(C)CCCn1cccn1. The molecule has 2 rings (SSSR count). The third kappa shape index (κ3) is 4.01. The zero-order valence-corrected chi connectivity index (χ0v) is 12.2. The molecule has 21 heavy (non-hydrogen) atoms. The predicted octanol–water partition coefficient (Wildman–Crippen LogP) is 2.69. The Morgan fingerprint density at radius 1 is 1.33 bits per heavy atom. The second-order valence-corrected chi connectivity index (χ2v) is 4.90. The minimum absolute atomic E-state index is 0.249. The normalized spacial score (nSPS) is 11.1. The number of rotatable bonds is 7. The van der Waals surface area contributed by atoms with Gasteiger partial charge in [0.15, 0.2) is 11.6 Å². The van der Waals surface area contributed by atoms with E-state index in [9.17, 15) is 8.78 Å². The standard InChI is InChI=1S/C15H19F2N3O/c1-19(8-4-10-20-9-3-7-18-20)11-12-14(21-2)6-5-13(16)15(12)17/h3,5-7,9H,4,8,10-11H2,1-2H3. The van der Waals surface area contributed by atoms with Crippen LogP contribution >= 0.6 is 0 Å². The van der Waals surface area contributed by atoms with Crippen LogP contribution in [-0.2, 0) is 13.1 Å². The fourth-order valence-corrected chi connectivity index (χ4v) is 2.20. The number of halogens is 2. The first-order valence-corrected chi connectivity index (χ1v) is 6.78. The molecule has 0 aliphatic carbocycles. The number of aryl methyl sites for hydroxylation is 1. The van der Waals surface area contributed by atoms with E-state index in [1.807, 2.05) is 28.9 Å². The molecule has 1 aromatic heterocycles. The highest BCUT2D eigenvalue weighted by Gasteiger charge is 2.15. The van der Waals surface area contributed by atoms with E-state index < -0.39 is 11.6 Å². The molecule has 0 aliphatic heterocycles. The highest BCUT2D eigenvalue weighted by atomic mass is 19.2. The zero-order valence-electron chi connectivity index (χ0n) is 12.2. The molecule has 0 bridgehead atoms. The monoisotopic (exact) mass is 295 g/mol. The van der Waals surface area contributed by atoms with Crippen LogP contribution in [0.25, 0.3) is 0 Å². The maximum absolute atomic E-state index is 13.9. The van der Waals surface area contributed by atoms with Gasteiger partial charge >= 0.3 is 0 Å². The van der Waals surface area contributed by atoms with Gasteiger partial charge in [0.1, 0.15) is 5.75 Å². The number of ether oxygens (including phenoxy) is 1. The van der Waals surface area contributed by atoms with Crippen LogP contribution in [0.4, 0.5) is 8.78 Å². The molecule has 0 atom stereocenters. The van der Waals surface area contributed by atoms with Gasteiger partial charge in [0.25, 0.3) is 0 Å². The molecule has 0 fully saturated rings. The van der Waals surface area contributed by atoms with Crippen molar-refractivity contribution in [2.75, 3.05) is 20.7 Å². The number of hydrogen-bond acceptors (Lipinski definition) is 3. The quantitative estimate of drug-likeness (QED) is 0.787. The van der Waals surface area contributed by atoms with E-state index in [0.29, 0.717) is 12.3 Å². The molecule has 0 spiro atoms. The Bertz CT molecular complexity index is 573. The highest BCUT2D eigenvalue weighted by Crippen LogP contribution is 2.24. The summed E-state index contributed by atoms with van der Waals surface area (Å²) in [7, 11) is 3.32. The lowest BCUT2D eigenvalue weighted by Gasteiger charge is -2.19. The first-order chi connectivity index (χ1) is 10.1. The van der Waals surface area contributed by atoms with Crippen molar-refractivity contribution < 1.29 is 13.5 Å². The van der Waals surface area contributed by atoms with E-state index in [2.05, 4.69) is 5.10 Å². The molecule has 4 nitrogen and oxygen atoms in total. The zero-order chi connectivity index (χ0) is 15.2. The van der Waals surface area contributed by atoms with Crippen molar-refractivity contribution in [2.24, 2.45) is 0 Å². The van der Waals surface area contributed by atoms with E-state index >= 15 is 0 Å². The molecule has 0 saturated carbocycles. The molecule has 0 N–H and O–H groups in total. The maximum atomic E-state index is 13.9. The molecular formula is C15H19F2N3O. The average Bonchev–Trinajstić information content (AvgIpc) is 2.97. The van der Waals surface area contributed by atoms with Gasteiger partial charge in [-0.15, -0.1) is 0 Å². The minimum Gasteiger partial charge on any atom is -0.496 e. The van der Waals surface area contributed by atoms with Crippen LogP contribution < -0.4 is 4.74 Å². The Morgan fingerprint density at radius 3 is 2.81 bits per heavy atom. The molecule has 114 valence electrons. The molecule has 6 heteroatoms. The van der Waals surface area contributed by atoms with Crippen LogP contribution in [0.2, 0.25) is 0 Å². The Kier molecular flexibility index (Phi) is 5.27. The van der Waals surface area contributed by atoms with Crippen molar-refractivity contribution in [2.45, 2.75) is 19.5 Å². The van der Waals surface area contributed by atoms with E-state index in [4.69, 9.17) is 4.74 Å². The van der Waals surface area contributed by atoms with Crippen molar-refractivity contribution in [3.63, 3.8) is 0 Å². The van der Waals surface area contributed by atoms with Gasteiger partial charge in [0.05, 0.1) is 7.11 Å². The van der Waals surface area contributed by atoms with Crippen LogP contribution in [0, 0.1) is 11.6 Å². The third-order valence-electron chi connectivity index (χ3n) is 3.29. The Hall–Kier alpha value is -1.95. The van der Waals surface area contributed by atoms with Gasteiger partial charge < -0.3 is 9.64 Å². The molecule has 0 unspecified atom stereocenters. The van der Waals surface area contributed by atoms with Crippen molar-refractivity contribution in [1.82, 2.24) is 14.7 Å². The van der Waals surface area contributed by atoms with Crippen LogP contribution in [0.15, 0.2) is 30.6 Å². The maximum Gasteiger partial charge on any atom is 0.167 e. The number of hydrogen-bond donors (Lipinski definition) is 0. The topological polar surface area (TPSA) is 30.3 Å². The van der Waals surface area contributed by atoms with Gasteiger partial charge in [-0.3, -0.25) is 4.68 Å². The summed E-state index contributed by atoms with van der Waals surface area (Å²) in [6.45, 7) is 1.84. The van der Waals surface area contributed by atoms with Gasteiger partial charge in [-0.1, -0.05) is 0 Å². The summed E-state index contributed by atoms with van der Waals surface area (Å²) in [4.78, 5) is 1.93. The van der Waals surface area contributed by atoms with Gasteiger partial charge in [-0.2, -0.15) is 5.10 Å². The molecule has 0 amide bonds. The third-order valence-corrected chi connectivity index (χ3v) is 3.29. The second kappa shape index (κ2) is 7.17. The fraction of sp³-hybridized carbons (Fsp3) is 0.400. The van der Waals surface area contributed by atoms with Gasteiger partial charge in [0, 0.05) is 31.0 Å². The summed E-state index contributed by atoms with van der Waals surface area (Å²) in [5.41, 5.74) is 0.249. The molecule has 0 aliphatic rings. The first-order valence-electron chi connectivity index (χ1n) is 6.78. The summed E-state index contributed by atoms with van der Waals surface area (Å²) in [6, 6.07) is 4.40. The van der Waals surface area contributed by atoms with E-state index in [1.165, 1.54) is 13.2 Å². The average molecular weight is 295 g/mol. The summed E-state index contributed by atoms with van der Waals surface area (Å²) < 4.78 is 34.1. The lowest BCUT2D eigenvalue weighted by molar-refractivity contribution is 0.296. The van der Waals surface area contributed by atoms with Crippen LogP contribution in [0.1, 0.15) is 12.0 Å². The van der Waals surface area contributed by atoms with Crippen LogP contribution in [-0.4, -0.2) is 35.4 Å². The van der Waals surface area contributed by atoms with Crippen molar-refractivity contribution in [3.05, 3.63) is 47.8 Å². The van der Waals surface area contributed by atoms with Gasteiger partial charge in [-0.25, -0.2) is 8.78 Å². The number of nitrogens with zero attached hydrogens (tertiary/aromatic N) is 3. The largest absolute Gasteiger partial charge is 0.496 e. The van der Waals surface area contributed by atoms with Crippen LogP contribution in [0.3, 0.4) is 0 Å². The Labute approximate surface area is 122 Å². The predicted molar refractivity (Wildman–Crippen MR) is 76.1 cm³/mol. The molecule has 2 aromatic rings. The van der Waals surface area contributed by atoms with Gasteiger partial charge in [0.2, 0.25) is 0 Å². The summed E-state index contributed by atoms with van der Waals surface area (Å²) in [5, 5.41) is 4.12. The molecule has 0 radical (unpaired) electrons. The Morgan fingerprint density at radius 2 is 2.14 bits per heavy atom. The Balaban J connectivity index is 1.93. The highest BCUT2D eigenvalue weighted by molar-refractivity contribution is 5.35. The fourth-order valence-electron chi connectivity index (χ4n) is 2.20. The molecule has 1 heterocycles. The minimum atomic E-state index is -0.851. The molecule has 0 saturated heterocycles. The smallest absolute Gasteiger partial charge is 0.167 e. The summed E-state index contributed by atoms with van der Waals surface area (Å²) in [5.74, 6) is -1.32. The lowest BCUT2D eigenvalue weighted by Crippen LogP contribution is -2.21. The number of methoxy groups -OCH3 is 1.